The Morgan fingerprint density at radius 1 is 1.27 bits per heavy atom. The minimum absolute atomic E-state index is 0.193. The van der Waals surface area contributed by atoms with Crippen molar-refractivity contribution in [1.29, 1.82) is 0 Å². The van der Waals surface area contributed by atoms with Gasteiger partial charge < -0.3 is 9.73 Å². The third-order valence-electron chi connectivity index (χ3n) is 3.71. The number of hydrogen-bond donors (Lipinski definition) is 1. The lowest BCUT2D eigenvalue weighted by Gasteiger charge is -2.07. The number of anilines is 1. The first-order chi connectivity index (χ1) is 12.6. The molecule has 26 heavy (non-hydrogen) atoms. The van der Waals surface area contributed by atoms with Crippen molar-refractivity contribution in [3.8, 4) is 11.5 Å². The van der Waals surface area contributed by atoms with Gasteiger partial charge in [0, 0.05) is 11.8 Å². The van der Waals surface area contributed by atoms with Gasteiger partial charge in [0.1, 0.15) is 12.2 Å². The molecule has 1 amide bonds. The number of nitrogens with zero attached hydrogens (tertiary/aromatic N) is 3. The van der Waals surface area contributed by atoms with Gasteiger partial charge in [-0.05, 0) is 43.3 Å². The topological polar surface area (TPSA) is 90.0 Å². The molecule has 3 heterocycles. The van der Waals surface area contributed by atoms with E-state index in [1.807, 2.05) is 25.1 Å². The van der Waals surface area contributed by atoms with Gasteiger partial charge in [-0.25, -0.2) is 9.67 Å². The molecule has 1 aromatic carbocycles. The molecule has 4 aromatic rings. The van der Waals surface area contributed by atoms with Crippen LogP contribution >= 0.6 is 11.3 Å². The third-order valence-corrected chi connectivity index (χ3v) is 4.66. The Bertz CT molecular complexity index is 1140. The van der Waals surface area contributed by atoms with E-state index in [-0.39, 0.29) is 18.0 Å². The maximum Gasteiger partial charge on any atom is 0.267 e. The van der Waals surface area contributed by atoms with Crippen molar-refractivity contribution >= 4 is 33.1 Å². The number of fused-ring (bicyclic) bond motifs is 1. The van der Waals surface area contributed by atoms with Crippen LogP contribution in [0, 0.1) is 6.92 Å². The fourth-order valence-corrected chi connectivity index (χ4v) is 3.38. The zero-order valence-corrected chi connectivity index (χ0v) is 14.6. The molecular formula is C18H14N4O3S. The first-order valence-corrected chi connectivity index (χ1v) is 8.69. The second-order valence-electron chi connectivity index (χ2n) is 5.66. The van der Waals surface area contributed by atoms with Gasteiger partial charge in [-0.2, -0.15) is 5.10 Å². The number of carbonyl (C=O) groups excluding carboxylic acids is 1. The van der Waals surface area contributed by atoms with E-state index in [0.29, 0.717) is 17.1 Å². The Kier molecular flexibility index (Phi) is 4.10. The summed E-state index contributed by atoms with van der Waals surface area (Å²) in [7, 11) is 0. The van der Waals surface area contributed by atoms with Gasteiger partial charge in [-0.3, -0.25) is 9.59 Å². The first-order valence-electron chi connectivity index (χ1n) is 7.87. The van der Waals surface area contributed by atoms with Crippen LogP contribution in [-0.4, -0.2) is 20.7 Å². The molecule has 7 nitrogen and oxygen atoms in total. The predicted molar refractivity (Wildman–Crippen MR) is 99.2 cm³/mol. The van der Waals surface area contributed by atoms with Crippen molar-refractivity contribution in [2.24, 2.45) is 0 Å². The molecule has 0 aliphatic carbocycles. The van der Waals surface area contributed by atoms with Crippen LogP contribution in [0.15, 0.2) is 57.9 Å². The Balaban J connectivity index is 1.53. The zero-order valence-electron chi connectivity index (χ0n) is 13.8. The molecule has 0 bridgehead atoms. The highest BCUT2D eigenvalue weighted by Crippen LogP contribution is 2.24. The molecule has 0 aliphatic heterocycles. The van der Waals surface area contributed by atoms with Gasteiger partial charge in [0.2, 0.25) is 5.91 Å². The maximum absolute atomic E-state index is 12.3. The summed E-state index contributed by atoms with van der Waals surface area (Å²) in [5.41, 5.74) is 1.59. The average Bonchev–Trinajstić information content (AvgIpc) is 3.25. The fourth-order valence-electron chi connectivity index (χ4n) is 2.57. The van der Waals surface area contributed by atoms with Crippen molar-refractivity contribution in [1.82, 2.24) is 14.8 Å². The lowest BCUT2D eigenvalue weighted by Crippen LogP contribution is -2.29. The van der Waals surface area contributed by atoms with Gasteiger partial charge in [0.05, 0.1) is 21.5 Å². The molecule has 3 aromatic heterocycles. The molecular weight excluding hydrogens is 352 g/mol. The summed E-state index contributed by atoms with van der Waals surface area (Å²) in [6.07, 6.45) is 1.52. The second-order valence-corrected chi connectivity index (χ2v) is 6.89. The molecule has 0 atom stereocenters. The first kappa shape index (κ1) is 16.2. The van der Waals surface area contributed by atoms with Crippen molar-refractivity contribution in [3.05, 3.63) is 64.1 Å². The van der Waals surface area contributed by atoms with E-state index in [1.54, 1.807) is 29.5 Å². The van der Waals surface area contributed by atoms with Crippen molar-refractivity contribution in [2.45, 2.75) is 13.5 Å². The number of thiazole rings is 1. The summed E-state index contributed by atoms with van der Waals surface area (Å²) in [5, 5.41) is 7.93. The summed E-state index contributed by atoms with van der Waals surface area (Å²) < 4.78 is 7.44. The standard InChI is InChI=1S/C18H14N4O3S/c1-11-19-14-9-12(4-6-16(14)26-11)20-17(23)10-22-18(24)7-5-13(21-22)15-3-2-8-25-15/h2-9H,10H2,1H3,(H,20,23). The van der Waals surface area contributed by atoms with Crippen LogP contribution in [0.3, 0.4) is 0 Å². The van der Waals surface area contributed by atoms with E-state index < -0.39 is 0 Å². The summed E-state index contributed by atoms with van der Waals surface area (Å²) in [6, 6.07) is 11.9. The normalized spacial score (nSPS) is 11.0. The monoisotopic (exact) mass is 366 g/mol. The van der Waals surface area contributed by atoms with Gasteiger partial charge >= 0.3 is 0 Å². The zero-order chi connectivity index (χ0) is 18.1. The van der Waals surface area contributed by atoms with Crippen LogP contribution in [0.4, 0.5) is 5.69 Å². The summed E-state index contributed by atoms with van der Waals surface area (Å²) in [5.74, 6) is 0.186. The highest BCUT2D eigenvalue weighted by atomic mass is 32.1. The van der Waals surface area contributed by atoms with Crippen LogP contribution in [-0.2, 0) is 11.3 Å². The maximum atomic E-state index is 12.3. The van der Waals surface area contributed by atoms with E-state index in [1.165, 1.54) is 12.3 Å². The van der Waals surface area contributed by atoms with Gasteiger partial charge in [-0.15, -0.1) is 11.3 Å². The quantitative estimate of drug-likeness (QED) is 0.599. The van der Waals surface area contributed by atoms with Crippen LogP contribution < -0.4 is 10.9 Å². The number of nitrogens with one attached hydrogen (secondary N) is 1. The Labute approximate surface area is 151 Å². The average molecular weight is 366 g/mol. The number of benzene rings is 1. The van der Waals surface area contributed by atoms with E-state index in [9.17, 15) is 9.59 Å². The van der Waals surface area contributed by atoms with Crippen LogP contribution in [0.5, 0.6) is 0 Å². The van der Waals surface area contributed by atoms with Crippen LogP contribution in [0.1, 0.15) is 5.01 Å². The number of aromatic nitrogens is 3. The van der Waals surface area contributed by atoms with Crippen molar-refractivity contribution in [3.63, 3.8) is 0 Å². The lowest BCUT2D eigenvalue weighted by molar-refractivity contribution is -0.117. The number of hydrogen-bond acceptors (Lipinski definition) is 6. The minimum atomic E-state index is -0.360. The Morgan fingerprint density at radius 2 is 2.15 bits per heavy atom. The third kappa shape index (κ3) is 3.27. The number of aryl methyl sites for hydroxylation is 1. The number of rotatable bonds is 4. The van der Waals surface area contributed by atoms with E-state index in [0.717, 1.165) is 19.9 Å². The van der Waals surface area contributed by atoms with E-state index in [4.69, 9.17) is 4.42 Å². The van der Waals surface area contributed by atoms with Crippen LogP contribution in [0.25, 0.3) is 21.7 Å². The molecule has 0 saturated carbocycles. The molecule has 8 heteroatoms. The summed E-state index contributed by atoms with van der Waals surface area (Å²) in [6.45, 7) is 1.74. The molecule has 0 spiro atoms. The predicted octanol–water partition coefficient (Wildman–Crippen LogP) is 3.06. The molecule has 0 radical (unpaired) electrons. The molecule has 0 aliphatic rings. The van der Waals surface area contributed by atoms with Gasteiger partial charge in [-0.1, -0.05) is 0 Å². The minimum Gasteiger partial charge on any atom is -0.463 e. The molecule has 0 saturated heterocycles. The summed E-state index contributed by atoms with van der Waals surface area (Å²) in [4.78, 5) is 28.7. The SMILES string of the molecule is Cc1nc2cc(NC(=O)Cn3nc(-c4ccco4)ccc3=O)ccc2s1. The largest absolute Gasteiger partial charge is 0.463 e. The fraction of sp³-hybridized carbons (Fsp3) is 0.111. The van der Waals surface area contributed by atoms with Crippen molar-refractivity contribution < 1.29 is 9.21 Å². The molecule has 0 fully saturated rings. The summed E-state index contributed by atoms with van der Waals surface area (Å²) >= 11 is 1.60. The van der Waals surface area contributed by atoms with Gasteiger partial charge in [0.15, 0.2) is 5.76 Å². The Hall–Kier alpha value is -3.26. The van der Waals surface area contributed by atoms with Gasteiger partial charge in [0.25, 0.3) is 5.56 Å². The smallest absolute Gasteiger partial charge is 0.267 e. The van der Waals surface area contributed by atoms with E-state index in [2.05, 4.69) is 15.4 Å². The van der Waals surface area contributed by atoms with E-state index >= 15 is 0 Å². The second kappa shape index (κ2) is 6.57. The lowest BCUT2D eigenvalue weighted by atomic mass is 10.3. The number of furan rings is 1. The number of amides is 1. The van der Waals surface area contributed by atoms with Crippen molar-refractivity contribution in [2.75, 3.05) is 5.32 Å². The number of carbonyl (C=O) groups is 1. The highest BCUT2D eigenvalue weighted by Gasteiger charge is 2.10. The Morgan fingerprint density at radius 3 is 2.96 bits per heavy atom. The highest BCUT2D eigenvalue weighted by molar-refractivity contribution is 7.18. The van der Waals surface area contributed by atoms with Crippen LogP contribution in [0.2, 0.25) is 0 Å². The molecule has 0 unspecified atom stereocenters. The molecule has 4 rings (SSSR count). The molecule has 1 N–H and O–H groups in total. The molecule has 130 valence electrons.